The van der Waals surface area contributed by atoms with Gasteiger partial charge in [0.05, 0.1) is 32.0 Å². The van der Waals surface area contributed by atoms with Crippen LogP contribution in [0.4, 0.5) is 0 Å². The average Bonchev–Trinajstić information content (AvgIpc) is 3.61. The molecular weight excluding hydrogens is 636 g/mol. The van der Waals surface area contributed by atoms with Crippen molar-refractivity contribution in [1.82, 2.24) is 10.2 Å². The summed E-state index contributed by atoms with van der Waals surface area (Å²) in [6.45, 7) is 4.35. The Morgan fingerprint density at radius 2 is 1.50 bits per heavy atom. The molecule has 3 atom stereocenters. The second kappa shape index (κ2) is 17.5. The number of aliphatic hydroxyl groups is 1. The number of nitrogens with zero attached hydrogens (tertiary/aromatic N) is 1. The van der Waals surface area contributed by atoms with Gasteiger partial charge in [0, 0.05) is 63.8 Å². The molecule has 0 unspecified atom stereocenters. The minimum absolute atomic E-state index is 0.00148. The molecule has 3 saturated heterocycles. The van der Waals surface area contributed by atoms with Gasteiger partial charge in [0.15, 0.2) is 12.1 Å². The summed E-state index contributed by atoms with van der Waals surface area (Å²) in [6.07, 6.45) is 5.36. The van der Waals surface area contributed by atoms with E-state index < -0.39 is 18.0 Å². The molecule has 268 valence electrons. The zero-order valence-corrected chi connectivity index (χ0v) is 28.8. The lowest BCUT2D eigenvalue weighted by atomic mass is 9.97. The Morgan fingerprint density at radius 1 is 0.800 bits per heavy atom. The van der Waals surface area contributed by atoms with Crippen molar-refractivity contribution in [3.8, 4) is 11.1 Å². The van der Waals surface area contributed by atoms with Gasteiger partial charge in [-0.1, -0.05) is 73.5 Å². The van der Waals surface area contributed by atoms with Crippen LogP contribution in [0.15, 0.2) is 72.8 Å². The number of piperidine rings is 1. The highest BCUT2D eigenvalue weighted by Crippen LogP contribution is 2.40. The number of amides is 1. The first-order valence-corrected chi connectivity index (χ1v) is 18.1. The fourth-order valence-corrected chi connectivity index (χ4v) is 7.11. The molecule has 10 nitrogen and oxygen atoms in total. The molecule has 3 aliphatic rings. The van der Waals surface area contributed by atoms with E-state index in [0.717, 1.165) is 91.5 Å². The fraction of sp³-hybridized carbons (Fsp3) is 0.500. The molecule has 3 fully saturated rings. The van der Waals surface area contributed by atoms with E-state index in [-0.39, 0.29) is 31.1 Å². The standard InChI is InChI=1S/C40H50N2O8/c43-28-29-13-15-31(16-14-29)36-25-35(27-42-19-17-40(18-20-42)47-21-22-48-40)49-39(50-36)34-10-6-9-33(24-34)32-8-5-7-30(23-32)26-41-37(44)11-3-1-2-4-12-38(45)46/h5-10,13-16,23-24,35-36,39,43H,1-4,11-12,17-22,25-28H2,(H,41,44)(H,45,46)/t35-,36+,39+/m1/s1. The van der Waals surface area contributed by atoms with Crippen LogP contribution in [0.3, 0.4) is 0 Å². The van der Waals surface area contributed by atoms with Gasteiger partial charge in [0.25, 0.3) is 0 Å². The number of aliphatic hydroxyl groups excluding tert-OH is 1. The first-order chi connectivity index (χ1) is 24.4. The molecule has 0 aromatic heterocycles. The molecule has 1 spiro atoms. The zero-order chi connectivity index (χ0) is 34.8. The number of carboxylic acids is 1. The van der Waals surface area contributed by atoms with Gasteiger partial charge in [-0.2, -0.15) is 0 Å². The zero-order valence-electron chi connectivity index (χ0n) is 28.8. The van der Waals surface area contributed by atoms with Crippen molar-refractivity contribution in [2.24, 2.45) is 0 Å². The summed E-state index contributed by atoms with van der Waals surface area (Å²) in [5, 5.41) is 21.4. The van der Waals surface area contributed by atoms with Crippen molar-refractivity contribution in [3.63, 3.8) is 0 Å². The SMILES string of the molecule is O=C(O)CCCCCCC(=O)NCc1cccc(-c2cccc([C@H]3O[C@@H](CN4CCC5(CC4)OCCO5)C[C@@H](c4ccc(CO)cc4)O3)c2)c1. The fourth-order valence-electron chi connectivity index (χ4n) is 7.11. The number of carboxylic acid groups (broad SMARTS) is 1. The Kier molecular flexibility index (Phi) is 12.7. The van der Waals surface area contributed by atoms with Crippen LogP contribution in [0.2, 0.25) is 0 Å². The van der Waals surface area contributed by atoms with E-state index in [4.69, 9.17) is 24.1 Å². The average molecular weight is 687 g/mol. The molecule has 0 bridgehead atoms. The van der Waals surface area contributed by atoms with E-state index >= 15 is 0 Å². The minimum atomic E-state index is -0.774. The number of nitrogens with one attached hydrogen (secondary N) is 1. The van der Waals surface area contributed by atoms with Crippen LogP contribution in [-0.2, 0) is 41.7 Å². The summed E-state index contributed by atoms with van der Waals surface area (Å²) >= 11 is 0. The number of aliphatic carboxylic acids is 1. The molecule has 3 aliphatic heterocycles. The van der Waals surface area contributed by atoms with Crippen LogP contribution in [-0.4, -0.2) is 71.7 Å². The Morgan fingerprint density at radius 3 is 2.22 bits per heavy atom. The smallest absolute Gasteiger partial charge is 0.303 e. The van der Waals surface area contributed by atoms with E-state index in [1.807, 2.05) is 48.5 Å². The van der Waals surface area contributed by atoms with Crippen LogP contribution in [0.25, 0.3) is 11.1 Å². The number of hydrogen-bond acceptors (Lipinski definition) is 8. The molecule has 0 radical (unpaired) electrons. The van der Waals surface area contributed by atoms with Gasteiger partial charge in [-0.05, 0) is 52.8 Å². The van der Waals surface area contributed by atoms with Gasteiger partial charge in [-0.25, -0.2) is 0 Å². The molecule has 0 aliphatic carbocycles. The minimum Gasteiger partial charge on any atom is -0.481 e. The molecule has 6 rings (SSSR count). The predicted molar refractivity (Wildman–Crippen MR) is 188 cm³/mol. The maximum absolute atomic E-state index is 12.4. The molecule has 50 heavy (non-hydrogen) atoms. The van der Waals surface area contributed by atoms with Crippen LogP contribution in [0.5, 0.6) is 0 Å². The number of hydrogen-bond donors (Lipinski definition) is 3. The van der Waals surface area contributed by atoms with Gasteiger partial charge < -0.3 is 39.4 Å². The summed E-state index contributed by atoms with van der Waals surface area (Å²) in [5.74, 6) is -1.19. The quantitative estimate of drug-likeness (QED) is 0.159. The lowest BCUT2D eigenvalue weighted by Crippen LogP contribution is -2.48. The predicted octanol–water partition coefficient (Wildman–Crippen LogP) is 6.27. The lowest BCUT2D eigenvalue weighted by Gasteiger charge is -2.41. The number of carbonyl (C=O) groups is 2. The summed E-state index contributed by atoms with van der Waals surface area (Å²) in [4.78, 5) is 25.5. The summed E-state index contributed by atoms with van der Waals surface area (Å²) in [7, 11) is 0. The molecule has 0 saturated carbocycles. The summed E-state index contributed by atoms with van der Waals surface area (Å²) in [6, 6.07) is 24.4. The molecule has 3 heterocycles. The first kappa shape index (κ1) is 36.2. The maximum Gasteiger partial charge on any atom is 0.303 e. The normalized spacial score (nSPS) is 22.1. The number of ether oxygens (including phenoxy) is 4. The monoisotopic (exact) mass is 686 g/mol. The molecule has 3 aromatic carbocycles. The van der Waals surface area contributed by atoms with E-state index in [0.29, 0.717) is 32.6 Å². The van der Waals surface area contributed by atoms with Crippen molar-refractivity contribution in [2.75, 3.05) is 32.8 Å². The largest absolute Gasteiger partial charge is 0.481 e. The molecule has 3 aromatic rings. The topological polar surface area (TPSA) is 127 Å². The first-order valence-electron chi connectivity index (χ1n) is 18.1. The number of likely N-dealkylation sites (tertiary alicyclic amines) is 1. The van der Waals surface area contributed by atoms with Crippen LogP contribution < -0.4 is 5.32 Å². The van der Waals surface area contributed by atoms with Crippen molar-refractivity contribution in [1.29, 1.82) is 0 Å². The van der Waals surface area contributed by atoms with Gasteiger partial charge in [0.2, 0.25) is 5.91 Å². The third-order valence-electron chi connectivity index (χ3n) is 9.96. The van der Waals surface area contributed by atoms with E-state index in [2.05, 4.69) is 34.5 Å². The highest BCUT2D eigenvalue weighted by molar-refractivity contribution is 5.76. The van der Waals surface area contributed by atoms with E-state index in [9.17, 15) is 14.7 Å². The van der Waals surface area contributed by atoms with E-state index in [1.54, 1.807) is 0 Å². The molecule has 10 heteroatoms. The van der Waals surface area contributed by atoms with Gasteiger partial charge in [-0.3, -0.25) is 9.59 Å². The Bertz CT molecular complexity index is 1550. The van der Waals surface area contributed by atoms with Gasteiger partial charge in [-0.15, -0.1) is 0 Å². The van der Waals surface area contributed by atoms with Crippen LogP contribution in [0, 0.1) is 0 Å². The van der Waals surface area contributed by atoms with Crippen molar-refractivity contribution in [3.05, 3.63) is 95.1 Å². The Balaban J connectivity index is 1.09. The van der Waals surface area contributed by atoms with Crippen LogP contribution >= 0.6 is 0 Å². The van der Waals surface area contributed by atoms with Crippen molar-refractivity contribution < 1.29 is 38.7 Å². The highest BCUT2D eigenvalue weighted by Gasteiger charge is 2.41. The maximum atomic E-state index is 12.4. The van der Waals surface area contributed by atoms with E-state index in [1.165, 1.54) is 0 Å². The summed E-state index contributed by atoms with van der Waals surface area (Å²) in [5.41, 5.74) is 5.96. The van der Waals surface area contributed by atoms with Crippen molar-refractivity contribution in [2.45, 2.75) is 95.2 Å². The molecule has 3 N–H and O–H groups in total. The van der Waals surface area contributed by atoms with Gasteiger partial charge >= 0.3 is 5.97 Å². The molecular formula is C40H50N2O8. The highest BCUT2D eigenvalue weighted by atomic mass is 16.7. The number of benzene rings is 3. The third kappa shape index (κ3) is 9.99. The molecule has 1 amide bonds. The Hall–Kier alpha value is -3.64. The van der Waals surface area contributed by atoms with Crippen molar-refractivity contribution >= 4 is 11.9 Å². The lowest BCUT2D eigenvalue weighted by molar-refractivity contribution is -0.255. The van der Waals surface area contributed by atoms with Crippen LogP contribution in [0.1, 0.15) is 92.4 Å². The summed E-state index contributed by atoms with van der Waals surface area (Å²) < 4.78 is 25.2. The van der Waals surface area contributed by atoms with Gasteiger partial charge in [0.1, 0.15) is 0 Å². The third-order valence-corrected chi connectivity index (χ3v) is 9.96. The number of carbonyl (C=O) groups excluding carboxylic acids is 1. The Labute approximate surface area is 294 Å². The second-order valence-electron chi connectivity index (χ2n) is 13.7. The second-order valence-corrected chi connectivity index (χ2v) is 13.7. The number of rotatable bonds is 15. The number of unbranched alkanes of at least 4 members (excludes halogenated alkanes) is 3.